The molecule has 0 saturated heterocycles. The predicted molar refractivity (Wildman–Crippen MR) is 125 cm³/mol. The highest BCUT2D eigenvalue weighted by atomic mass is 32.4. The van der Waals surface area contributed by atoms with Gasteiger partial charge in [0.2, 0.25) is 0 Å². The molecule has 1 aliphatic rings. The Morgan fingerprint density at radius 3 is 1.61 bits per heavy atom. The topological polar surface area (TPSA) is 23.6 Å². The lowest BCUT2D eigenvalue weighted by Gasteiger charge is -2.33. The Morgan fingerprint density at radius 2 is 1.18 bits per heavy atom. The van der Waals surface area contributed by atoms with Crippen LogP contribution >= 0.6 is 6.04 Å². The molecule has 0 radical (unpaired) electrons. The standard InChI is InChI=1S/C23H23N2OPS/c1-24(2)16-10-12-19-21(14-16)27(28,18-8-6-5-7-9-18)22-15-17(25(3)4)11-13-20(22)23(19)26/h5-15H,1-4H3. The molecule has 5 heteroatoms. The molecule has 3 aromatic rings. The number of rotatable bonds is 3. The van der Waals surface area contributed by atoms with Crippen molar-refractivity contribution in [2.45, 2.75) is 0 Å². The lowest BCUT2D eigenvalue weighted by molar-refractivity contribution is 0.104. The van der Waals surface area contributed by atoms with E-state index >= 15 is 0 Å². The van der Waals surface area contributed by atoms with Crippen molar-refractivity contribution in [3.8, 4) is 0 Å². The first-order chi connectivity index (χ1) is 13.3. The Labute approximate surface area is 171 Å². The van der Waals surface area contributed by atoms with E-state index in [-0.39, 0.29) is 5.78 Å². The molecule has 0 atom stereocenters. The molecule has 0 aliphatic carbocycles. The van der Waals surface area contributed by atoms with E-state index in [9.17, 15) is 4.79 Å². The fourth-order valence-corrected chi connectivity index (χ4v) is 8.03. The van der Waals surface area contributed by atoms with Crippen molar-refractivity contribution in [1.82, 2.24) is 0 Å². The van der Waals surface area contributed by atoms with Gasteiger partial charge in [-0.25, -0.2) is 0 Å². The highest BCUT2D eigenvalue weighted by Crippen LogP contribution is 2.49. The van der Waals surface area contributed by atoms with Crippen LogP contribution in [0.2, 0.25) is 0 Å². The molecule has 0 spiro atoms. The van der Waals surface area contributed by atoms with Crippen LogP contribution in [0, 0.1) is 0 Å². The molecule has 1 aliphatic heterocycles. The van der Waals surface area contributed by atoms with Crippen molar-refractivity contribution < 1.29 is 4.79 Å². The van der Waals surface area contributed by atoms with E-state index in [1.165, 1.54) is 0 Å². The van der Waals surface area contributed by atoms with Gasteiger partial charge >= 0.3 is 0 Å². The van der Waals surface area contributed by atoms with Crippen LogP contribution in [0.3, 0.4) is 0 Å². The SMILES string of the molecule is CN(C)c1ccc2c(c1)P(=S)(c1ccccc1)c1cc(N(C)C)ccc1C2=O. The van der Waals surface area contributed by atoms with Crippen LogP contribution in [-0.4, -0.2) is 34.0 Å². The van der Waals surface area contributed by atoms with E-state index in [0.29, 0.717) is 0 Å². The van der Waals surface area contributed by atoms with Crippen molar-refractivity contribution >= 4 is 50.9 Å². The van der Waals surface area contributed by atoms with E-state index in [2.05, 4.69) is 34.1 Å². The molecule has 3 aromatic carbocycles. The zero-order chi connectivity index (χ0) is 20.1. The average molecular weight is 406 g/mol. The van der Waals surface area contributed by atoms with Crippen LogP contribution in [0.25, 0.3) is 0 Å². The highest BCUT2D eigenvalue weighted by Gasteiger charge is 2.37. The number of carbonyl (C=O) groups excluding carboxylic acids is 1. The van der Waals surface area contributed by atoms with Gasteiger partial charge in [0, 0.05) is 67.3 Å². The Bertz CT molecular complexity index is 1060. The summed E-state index contributed by atoms with van der Waals surface area (Å²) in [6.45, 7) is 0. The summed E-state index contributed by atoms with van der Waals surface area (Å²) in [5, 5.41) is 3.11. The minimum Gasteiger partial charge on any atom is -0.378 e. The number of fused-ring (bicyclic) bond motifs is 2. The summed E-state index contributed by atoms with van der Waals surface area (Å²) >= 11 is 6.50. The third-order valence-corrected chi connectivity index (χ3v) is 10.2. The van der Waals surface area contributed by atoms with Gasteiger partial charge in [0.15, 0.2) is 5.78 Å². The van der Waals surface area contributed by atoms with Crippen molar-refractivity contribution in [2.75, 3.05) is 38.0 Å². The number of carbonyl (C=O) groups is 1. The molecule has 0 unspecified atom stereocenters. The fraction of sp³-hybridized carbons (Fsp3) is 0.174. The van der Waals surface area contributed by atoms with Crippen LogP contribution in [-0.2, 0) is 11.8 Å². The minimum absolute atomic E-state index is 0.0667. The van der Waals surface area contributed by atoms with Gasteiger partial charge in [0.25, 0.3) is 0 Å². The summed E-state index contributed by atoms with van der Waals surface area (Å²) in [6, 6.07) is 20.1. The molecule has 0 saturated carbocycles. The molecule has 0 bridgehead atoms. The second-order valence-electron chi connectivity index (χ2n) is 7.47. The molecule has 0 amide bonds. The summed E-state index contributed by atoms with van der Waals surface area (Å²) in [7, 11) is 8.04. The van der Waals surface area contributed by atoms with Gasteiger partial charge in [-0.15, -0.1) is 0 Å². The van der Waals surface area contributed by atoms with Gasteiger partial charge in [0.05, 0.1) is 0 Å². The number of nitrogens with zero attached hydrogens (tertiary/aromatic N) is 2. The maximum Gasteiger partial charge on any atom is 0.194 e. The number of hydrogen-bond acceptors (Lipinski definition) is 4. The lowest BCUT2D eigenvalue weighted by Crippen LogP contribution is -2.37. The Hall–Kier alpha value is -2.42. The maximum atomic E-state index is 13.3. The zero-order valence-electron chi connectivity index (χ0n) is 16.5. The number of ketones is 1. The number of anilines is 2. The first-order valence-corrected chi connectivity index (χ1v) is 12.0. The van der Waals surface area contributed by atoms with Gasteiger partial charge in [0.1, 0.15) is 0 Å². The van der Waals surface area contributed by atoms with Crippen LogP contribution in [0.4, 0.5) is 11.4 Å². The number of hydrogen-bond donors (Lipinski definition) is 0. The van der Waals surface area contributed by atoms with Gasteiger partial charge in [-0.3, -0.25) is 4.79 Å². The molecule has 142 valence electrons. The Kier molecular flexibility index (Phi) is 4.65. The predicted octanol–water partition coefficient (Wildman–Crippen LogP) is 3.12. The van der Waals surface area contributed by atoms with Crippen LogP contribution < -0.4 is 25.7 Å². The zero-order valence-corrected chi connectivity index (χ0v) is 18.2. The molecule has 0 fully saturated rings. The van der Waals surface area contributed by atoms with Crippen molar-refractivity contribution in [3.63, 3.8) is 0 Å². The lowest BCUT2D eigenvalue weighted by atomic mass is 10.0. The molecule has 0 aromatic heterocycles. The molecular formula is C23H23N2OPS. The Balaban J connectivity index is 2.10. The monoisotopic (exact) mass is 406 g/mol. The molecule has 0 N–H and O–H groups in total. The molecule has 3 nitrogen and oxygen atoms in total. The molecule has 4 rings (SSSR count). The third kappa shape index (κ3) is 2.80. The second kappa shape index (κ2) is 6.88. The van der Waals surface area contributed by atoms with Gasteiger partial charge in [-0.05, 0) is 41.7 Å². The third-order valence-electron chi connectivity index (χ3n) is 5.28. The summed E-state index contributed by atoms with van der Waals surface area (Å²) < 4.78 is 0. The largest absolute Gasteiger partial charge is 0.378 e. The highest BCUT2D eigenvalue weighted by molar-refractivity contribution is 8.25. The first kappa shape index (κ1) is 18.9. The summed E-state index contributed by atoms with van der Waals surface area (Å²) in [4.78, 5) is 17.4. The van der Waals surface area contributed by atoms with E-state index in [4.69, 9.17) is 11.8 Å². The first-order valence-electron chi connectivity index (χ1n) is 9.18. The van der Waals surface area contributed by atoms with E-state index in [1.54, 1.807) is 0 Å². The van der Waals surface area contributed by atoms with Crippen LogP contribution in [0.1, 0.15) is 15.9 Å². The minimum atomic E-state index is -2.36. The molecule has 1 heterocycles. The van der Waals surface area contributed by atoms with Gasteiger partial charge < -0.3 is 9.80 Å². The summed E-state index contributed by atoms with van der Waals surface area (Å²) in [5.41, 5.74) is 3.60. The van der Waals surface area contributed by atoms with Gasteiger partial charge in [-0.2, -0.15) is 0 Å². The molecule has 28 heavy (non-hydrogen) atoms. The molecular weight excluding hydrogens is 383 g/mol. The summed E-state index contributed by atoms with van der Waals surface area (Å²) in [5.74, 6) is 0.0667. The maximum absolute atomic E-state index is 13.3. The smallest absolute Gasteiger partial charge is 0.194 e. The quantitative estimate of drug-likeness (QED) is 0.488. The van der Waals surface area contributed by atoms with Crippen LogP contribution in [0.15, 0.2) is 66.7 Å². The summed E-state index contributed by atoms with van der Waals surface area (Å²) in [6.07, 6.45) is 0. The van der Waals surface area contributed by atoms with E-state index < -0.39 is 6.04 Å². The Morgan fingerprint density at radius 1 is 0.714 bits per heavy atom. The van der Waals surface area contributed by atoms with Crippen molar-refractivity contribution in [1.29, 1.82) is 0 Å². The van der Waals surface area contributed by atoms with Crippen molar-refractivity contribution in [2.24, 2.45) is 0 Å². The van der Waals surface area contributed by atoms with Crippen LogP contribution in [0.5, 0.6) is 0 Å². The van der Waals surface area contributed by atoms with E-state index in [1.807, 2.05) is 70.7 Å². The average Bonchev–Trinajstić information content (AvgIpc) is 2.71. The van der Waals surface area contributed by atoms with E-state index in [0.717, 1.165) is 38.4 Å². The number of benzene rings is 3. The van der Waals surface area contributed by atoms with Crippen molar-refractivity contribution in [3.05, 3.63) is 77.9 Å². The second-order valence-corrected chi connectivity index (χ2v) is 11.8. The normalized spacial score (nSPS) is 14.2. The van der Waals surface area contributed by atoms with Gasteiger partial charge in [-0.1, -0.05) is 42.1 Å². The fourth-order valence-electron chi connectivity index (χ4n) is 3.69.